The summed E-state index contributed by atoms with van der Waals surface area (Å²) in [6.07, 6.45) is 0.958. The van der Waals surface area contributed by atoms with Gasteiger partial charge in [-0.3, -0.25) is 5.26 Å². The summed E-state index contributed by atoms with van der Waals surface area (Å²) in [7, 11) is 0. The van der Waals surface area contributed by atoms with Gasteiger partial charge in [-0.05, 0) is 0 Å². The quantitative estimate of drug-likeness (QED) is 0.278. The Morgan fingerprint density at radius 2 is 2.60 bits per heavy atom. The summed E-state index contributed by atoms with van der Waals surface area (Å²) in [6, 6.07) is 0. The van der Waals surface area contributed by atoms with Crippen molar-refractivity contribution in [3.8, 4) is 0 Å². The van der Waals surface area contributed by atoms with Crippen LogP contribution in [0.3, 0.4) is 0 Å². The molecule has 0 aliphatic rings. The molecule has 0 bridgehead atoms. The van der Waals surface area contributed by atoms with Gasteiger partial charge in [-0.25, -0.2) is 4.89 Å². The molecule has 0 aliphatic carbocycles. The Bertz CT molecular complexity index is 28.8. The average Bonchev–Trinajstić information content (AvgIpc) is 1.41. The first-order chi connectivity index (χ1) is 2.41. The number of rotatable bonds is 2. The lowest BCUT2D eigenvalue weighted by Gasteiger charge is -1.75. The lowest BCUT2D eigenvalue weighted by molar-refractivity contribution is -0.226. The molecule has 0 saturated heterocycles. The van der Waals surface area contributed by atoms with Gasteiger partial charge in [-0.15, -0.1) is 0 Å². The van der Waals surface area contributed by atoms with Crippen LogP contribution in [0, 0.1) is 5.41 Å². The first-order valence-electron chi connectivity index (χ1n) is 1.17. The van der Waals surface area contributed by atoms with Crippen LogP contribution < -0.4 is 0 Å². The van der Waals surface area contributed by atoms with Crippen LogP contribution >= 0.6 is 0 Å². The van der Waals surface area contributed by atoms with Crippen LogP contribution in [0.5, 0.6) is 0 Å². The van der Waals surface area contributed by atoms with E-state index >= 15 is 0 Å². The van der Waals surface area contributed by atoms with Crippen molar-refractivity contribution in [3.05, 3.63) is 0 Å². The van der Waals surface area contributed by atoms with Gasteiger partial charge in [-0.1, -0.05) is 0 Å². The predicted molar refractivity (Wildman–Crippen MR) is 17.4 cm³/mol. The molecule has 0 amide bonds. The highest BCUT2D eigenvalue weighted by Gasteiger charge is 1.62. The van der Waals surface area contributed by atoms with Gasteiger partial charge >= 0.3 is 0 Å². The van der Waals surface area contributed by atoms with Crippen LogP contribution in [0.4, 0.5) is 0 Å². The van der Waals surface area contributed by atoms with Gasteiger partial charge in [0.25, 0.3) is 0 Å². The topological polar surface area (TPSA) is 53.3 Å². The zero-order valence-electron chi connectivity index (χ0n) is 2.64. The normalized spacial score (nSPS) is 7.40. The molecule has 0 radical (unpaired) electrons. The summed E-state index contributed by atoms with van der Waals surface area (Å²) in [5.74, 6) is 0. The largest absolute Gasteiger partial charge is 0.311 e. The van der Waals surface area contributed by atoms with E-state index in [-0.39, 0.29) is 6.61 Å². The molecule has 0 fully saturated rings. The molecule has 30 valence electrons. The minimum absolute atomic E-state index is 0.0139. The van der Waals surface area contributed by atoms with Gasteiger partial charge < -0.3 is 5.41 Å². The van der Waals surface area contributed by atoms with Gasteiger partial charge in [0, 0.05) is 6.21 Å². The fraction of sp³-hybridized carbons (Fsp3) is 0.500. The van der Waals surface area contributed by atoms with Crippen molar-refractivity contribution in [2.45, 2.75) is 0 Å². The molecule has 0 aromatic carbocycles. The van der Waals surface area contributed by atoms with Crippen LogP contribution in [0.1, 0.15) is 0 Å². The molecule has 0 aromatic heterocycles. The molecule has 0 heterocycles. The molecule has 0 aliphatic heterocycles. The fourth-order valence-electron chi connectivity index (χ4n) is 0.0373. The third-order valence-electron chi connectivity index (χ3n) is 0.158. The molecule has 5 heavy (non-hydrogen) atoms. The molecular formula is C2H5NO2. The summed E-state index contributed by atoms with van der Waals surface area (Å²) in [5.41, 5.74) is 0. The highest BCUT2D eigenvalue weighted by Crippen LogP contribution is 1.50. The van der Waals surface area contributed by atoms with E-state index in [1.54, 1.807) is 0 Å². The molecule has 0 atom stereocenters. The van der Waals surface area contributed by atoms with Crippen molar-refractivity contribution in [1.82, 2.24) is 0 Å². The highest BCUT2D eigenvalue weighted by molar-refractivity contribution is 5.53. The first kappa shape index (κ1) is 4.59. The molecule has 0 saturated carbocycles. The maximum absolute atomic E-state index is 7.42. The van der Waals surface area contributed by atoms with E-state index in [0.717, 1.165) is 6.21 Å². The van der Waals surface area contributed by atoms with Crippen LogP contribution in [0.15, 0.2) is 0 Å². The molecule has 0 rings (SSSR count). The summed E-state index contributed by atoms with van der Waals surface area (Å²) in [6.45, 7) is -0.0139. The van der Waals surface area contributed by atoms with E-state index in [9.17, 15) is 0 Å². The smallest absolute Gasteiger partial charge is 0.116 e. The second kappa shape index (κ2) is 3.59. The molecule has 0 aromatic rings. The highest BCUT2D eigenvalue weighted by atomic mass is 17.1. The lowest BCUT2D eigenvalue weighted by atomic mass is 10.8. The minimum Gasteiger partial charge on any atom is -0.311 e. The van der Waals surface area contributed by atoms with E-state index in [2.05, 4.69) is 4.89 Å². The van der Waals surface area contributed by atoms with E-state index < -0.39 is 0 Å². The van der Waals surface area contributed by atoms with Crippen molar-refractivity contribution in [1.29, 1.82) is 5.41 Å². The van der Waals surface area contributed by atoms with E-state index in [4.69, 9.17) is 10.7 Å². The van der Waals surface area contributed by atoms with Crippen LogP contribution in [0.2, 0.25) is 0 Å². The van der Waals surface area contributed by atoms with Crippen molar-refractivity contribution >= 4 is 6.21 Å². The van der Waals surface area contributed by atoms with Gasteiger partial charge in [0.2, 0.25) is 0 Å². The Hall–Kier alpha value is -0.410. The van der Waals surface area contributed by atoms with Crippen LogP contribution in [-0.4, -0.2) is 18.1 Å². The molecule has 3 nitrogen and oxygen atoms in total. The maximum Gasteiger partial charge on any atom is 0.116 e. The predicted octanol–water partition coefficient (Wildman–Crippen LogP) is 0.126. The monoisotopic (exact) mass is 75.0 g/mol. The summed E-state index contributed by atoms with van der Waals surface area (Å²) >= 11 is 0. The van der Waals surface area contributed by atoms with Gasteiger partial charge in [0.1, 0.15) is 6.61 Å². The van der Waals surface area contributed by atoms with Gasteiger partial charge in [0.15, 0.2) is 0 Å². The third-order valence-corrected chi connectivity index (χ3v) is 0.158. The number of nitrogens with one attached hydrogen (secondary N) is 1. The van der Waals surface area contributed by atoms with Crippen molar-refractivity contribution in [3.63, 3.8) is 0 Å². The molecular weight excluding hydrogens is 70.0 g/mol. The molecule has 2 N–H and O–H groups in total. The van der Waals surface area contributed by atoms with Crippen molar-refractivity contribution in [2.75, 3.05) is 6.61 Å². The van der Waals surface area contributed by atoms with Crippen LogP contribution in [0.25, 0.3) is 0 Å². The third kappa shape index (κ3) is 3.59. The van der Waals surface area contributed by atoms with Crippen LogP contribution in [-0.2, 0) is 4.89 Å². The Balaban J connectivity index is 2.40. The Labute approximate surface area is 29.6 Å². The standard InChI is InChI=1S/C2H5NO2/c3-1-2-5-4/h1,3-4H,2H2. The number of hydrogen-bond donors (Lipinski definition) is 2. The zero-order valence-corrected chi connectivity index (χ0v) is 2.64. The zero-order chi connectivity index (χ0) is 4.12. The summed E-state index contributed by atoms with van der Waals surface area (Å²) < 4.78 is 0. The van der Waals surface area contributed by atoms with Crippen molar-refractivity contribution in [2.24, 2.45) is 0 Å². The fourth-order valence-corrected chi connectivity index (χ4v) is 0.0373. The van der Waals surface area contributed by atoms with Gasteiger partial charge in [-0.2, -0.15) is 0 Å². The minimum atomic E-state index is -0.0139. The molecule has 0 unspecified atom stereocenters. The first-order valence-corrected chi connectivity index (χ1v) is 1.17. The second-order valence-corrected chi connectivity index (χ2v) is 0.500. The summed E-state index contributed by atoms with van der Waals surface area (Å²) in [4.78, 5) is 3.45. The van der Waals surface area contributed by atoms with E-state index in [0.29, 0.717) is 0 Å². The Morgan fingerprint density at radius 3 is 2.60 bits per heavy atom. The summed E-state index contributed by atoms with van der Waals surface area (Å²) in [5, 5.41) is 13.6. The maximum atomic E-state index is 7.42. The molecule has 3 heteroatoms. The SMILES string of the molecule is N=CCOO. The number of hydrogen-bond acceptors (Lipinski definition) is 3. The lowest BCUT2D eigenvalue weighted by Crippen LogP contribution is -1.85. The van der Waals surface area contributed by atoms with Gasteiger partial charge in [0.05, 0.1) is 0 Å². The van der Waals surface area contributed by atoms with E-state index in [1.807, 2.05) is 0 Å². The van der Waals surface area contributed by atoms with E-state index in [1.165, 1.54) is 0 Å². The molecule has 0 spiro atoms. The second-order valence-electron chi connectivity index (χ2n) is 0.500. The average molecular weight is 75.1 g/mol. The Kier molecular flexibility index (Phi) is 3.30. The van der Waals surface area contributed by atoms with Crippen molar-refractivity contribution < 1.29 is 10.1 Å². The Morgan fingerprint density at radius 1 is 2.00 bits per heavy atom.